The van der Waals surface area contributed by atoms with E-state index < -0.39 is 41.8 Å². The van der Waals surface area contributed by atoms with Gasteiger partial charge in [-0.1, -0.05) is 54.8 Å². The number of hydrogen-bond donors (Lipinski definition) is 3. The Kier molecular flexibility index (Phi) is 11.0. The van der Waals surface area contributed by atoms with Gasteiger partial charge in [0, 0.05) is 23.2 Å². The highest BCUT2D eigenvalue weighted by Gasteiger charge is 2.46. The molecule has 0 aromatic heterocycles. The molecule has 2 aromatic carbocycles. The lowest BCUT2D eigenvalue weighted by Gasteiger charge is -2.33. The third-order valence-electron chi connectivity index (χ3n) is 8.34. The SMILES string of the molecule is CC(C)NC(=O)CC(CC1(C(=O)N[C@H]2CCc3ccccc3N(CC(=O)O)C2=O)CCCC1)C(=O)OCc1ccc(Cl)cc1. The van der Waals surface area contributed by atoms with Crippen LogP contribution in [0.5, 0.6) is 0 Å². The van der Waals surface area contributed by atoms with E-state index in [1.165, 1.54) is 4.90 Å². The number of amides is 3. The van der Waals surface area contributed by atoms with Crippen LogP contribution in [0.3, 0.4) is 0 Å². The first kappa shape index (κ1) is 33.0. The highest BCUT2D eigenvalue weighted by Crippen LogP contribution is 2.45. The lowest BCUT2D eigenvalue weighted by atomic mass is 9.75. The Labute approximate surface area is 262 Å². The first-order valence-electron chi connectivity index (χ1n) is 15.1. The van der Waals surface area contributed by atoms with E-state index in [1.807, 2.05) is 26.0 Å². The standard InChI is InChI=1S/C33H40ClN3O7/c1-21(2)35-28(38)17-24(31(42)44-20-22-9-12-25(34)13-10-22)18-33(15-5-6-16-33)32(43)36-26-14-11-23-7-3-4-8-27(23)37(30(26)41)19-29(39)40/h3-4,7-10,12-13,21,24,26H,5-6,11,14-20H2,1-2H3,(H,35,38)(H,36,43)(H,39,40)/t24?,26-/m0/s1. The summed E-state index contributed by atoms with van der Waals surface area (Å²) in [5.74, 6) is -3.80. The molecule has 11 heteroatoms. The van der Waals surface area contributed by atoms with E-state index in [9.17, 15) is 29.1 Å². The van der Waals surface area contributed by atoms with Crippen LogP contribution in [-0.2, 0) is 41.7 Å². The fraction of sp³-hybridized carbons (Fsp3) is 0.485. The van der Waals surface area contributed by atoms with Crippen LogP contribution in [0.25, 0.3) is 0 Å². The van der Waals surface area contributed by atoms with Crippen LogP contribution in [0, 0.1) is 11.3 Å². The van der Waals surface area contributed by atoms with E-state index >= 15 is 0 Å². The van der Waals surface area contributed by atoms with E-state index in [0.29, 0.717) is 36.4 Å². The number of ether oxygens (including phenoxy) is 1. The molecule has 1 heterocycles. The molecule has 44 heavy (non-hydrogen) atoms. The number of aliphatic carboxylic acids is 1. The van der Waals surface area contributed by atoms with Crippen LogP contribution in [0.4, 0.5) is 5.69 Å². The summed E-state index contributed by atoms with van der Waals surface area (Å²) in [6, 6.07) is 13.0. The van der Waals surface area contributed by atoms with Gasteiger partial charge < -0.3 is 20.5 Å². The number of carboxylic acids is 1. The third kappa shape index (κ3) is 8.37. The van der Waals surface area contributed by atoms with Crippen molar-refractivity contribution in [1.29, 1.82) is 0 Å². The van der Waals surface area contributed by atoms with Gasteiger partial charge in [0.05, 0.1) is 11.3 Å². The molecule has 3 amide bonds. The molecule has 236 valence electrons. The topological polar surface area (TPSA) is 142 Å². The number of anilines is 1. The largest absolute Gasteiger partial charge is 0.480 e. The van der Waals surface area contributed by atoms with Gasteiger partial charge in [-0.05, 0) is 75.3 Å². The highest BCUT2D eigenvalue weighted by molar-refractivity contribution is 6.30. The molecule has 2 aliphatic rings. The average Bonchev–Trinajstić information content (AvgIpc) is 3.42. The van der Waals surface area contributed by atoms with Gasteiger partial charge in [0.15, 0.2) is 0 Å². The normalized spacial score (nSPS) is 18.2. The molecule has 0 radical (unpaired) electrons. The second-order valence-electron chi connectivity index (χ2n) is 12.1. The van der Waals surface area contributed by atoms with Crippen LogP contribution in [0.2, 0.25) is 5.02 Å². The molecule has 2 aromatic rings. The summed E-state index contributed by atoms with van der Waals surface area (Å²) in [5, 5.41) is 15.8. The predicted molar refractivity (Wildman–Crippen MR) is 165 cm³/mol. The van der Waals surface area contributed by atoms with E-state index in [4.69, 9.17) is 16.3 Å². The lowest BCUT2D eigenvalue weighted by Crippen LogP contribution is -2.53. The second-order valence-corrected chi connectivity index (χ2v) is 12.5. The number of aryl methyl sites for hydroxylation is 1. The zero-order valence-corrected chi connectivity index (χ0v) is 25.9. The summed E-state index contributed by atoms with van der Waals surface area (Å²) in [4.78, 5) is 66.8. The van der Waals surface area contributed by atoms with E-state index in [2.05, 4.69) is 10.6 Å². The molecule has 10 nitrogen and oxygen atoms in total. The highest BCUT2D eigenvalue weighted by atomic mass is 35.5. The number of rotatable bonds is 12. The zero-order valence-electron chi connectivity index (χ0n) is 25.1. The first-order valence-corrected chi connectivity index (χ1v) is 15.5. The second kappa shape index (κ2) is 14.7. The van der Waals surface area contributed by atoms with Crippen LogP contribution in [0.1, 0.15) is 69.9 Å². The van der Waals surface area contributed by atoms with Crippen molar-refractivity contribution in [1.82, 2.24) is 10.6 Å². The van der Waals surface area contributed by atoms with Crippen molar-refractivity contribution < 1.29 is 33.8 Å². The van der Waals surface area contributed by atoms with Crippen molar-refractivity contribution in [2.24, 2.45) is 11.3 Å². The Morgan fingerprint density at radius 3 is 2.41 bits per heavy atom. The Hall–Kier alpha value is -3.92. The summed E-state index contributed by atoms with van der Waals surface area (Å²) in [5.41, 5.74) is 1.10. The number of carbonyl (C=O) groups excluding carboxylic acids is 4. The Bertz CT molecular complexity index is 1370. The summed E-state index contributed by atoms with van der Waals surface area (Å²) >= 11 is 5.97. The van der Waals surface area contributed by atoms with Gasteiger partial charge in [0.1, 0.15) is 19.2 Å². The van der Waals surface area contributed by atoms with E-state index in [1.54, 1.807) is 36.4 Å². The average molecular weight is 626 g/mol. The minimum Gasteiger partial charge on any atom is -0.480 e. The Morgan fingerprint density at radius 2 is 1.75 bits per heavy atom. The maximum absolute atomic E-state index is 14.1. The predicted octanol–water partition coefficient (Wildman–Crippen LogP) is 4.41. The molecule has 0 bridgehead atoms. The number of esters is 1. The molecule has 4 rings (SSSR count). The zero-order chi connectivity index (χ0) is 31.9. The van der Waals surface area contributed by atoms with Crippen LogP contribution < -0.4 is 15.5 Å². The molecular weight excluding hydrogens is 586 g/mol. The van der Waals surface area contributed by atoms with Crippen molar-refractivity contribution in [3.63, 3.8) is 0 Å². The van der Waals surface area contributed by atoms with Crippen molar-refractivity contribution in [2.75, 3.05) is 11.4 Å². The lowest BCUT2D eigenvalue weighted by molar-refractivity contribution is -0.154. The molecule has 1 aliphatic heterocycles. The van der Waals surface area contributed by atoms with Gasteiger partial charge in [-0.15, -0.1) is 0 Å². The van der Waals surface area contributed by atoms with Gasteiger partial charge in [0.25, 0.3) is 0 Å². The van der Waals surface area contributed by atoms with Crippen LogP contribution in [0.15, 0.2) is 48.5 Å². The van der Waals surface area contributed by atoms with Gasteiger partial charge in [-0.2, -0.15) is 0 Å². The van der Waals surface area contributed by atoms with E-state index in [-0.39, 0.29) is 37.3 Å². The summed E-state index contributed by atoms with van der Waals surface area (Å²) in [7, 11) is 0. The van der Waals surface area contributed by atoms with Crippen molar-refractivity contribution >= 4 is 46.9 Å². The number of benzene rings is 2. The van der Waals surface area contributed by atoms with Gasteiger partial charge >= 0.3 is 11.9 Å². The molecular formula is C33H40ClN3O7. The van der Waals surface area contributed by atoms with Gasteiger partial charge in [-0.3, -0.25) is 28.9 Å². The molecule has 1 unspecified atom stereocenters. The summed E-state index contributed by atoms with van der Waals surface area (Å²) in [6.45, 7) is 3.12. The van der Waals surface area contributed by atoms with Gasteiger partial charge in [0.2, 0.25) is 17.7 Å². The smallest absolute Gasteiger partial charge is 0.323 e. The maximum Gasteiger partial charge on any atom is 0.323 e. The number of nitrogens with zero attached hydrogens (tertiary/aromatic N) is 1. The van der Waals surface area contributed by atoms with Gasteiger partial charge in [-0.25, -0.2) is 0 Å². The van der Waals surface area contributed by atoms with Crippen molar-refractivity contribution in [3.05, 3.63) is 64.7 Å². The molecule has 0 spiro atoms. The monoisotopic (exact) mass is 625 g/mol. The quantitative estimate of drug-likeness (QED) is 0.297. The minimum atomic E-state index is -1.16. The summed E-state index contributed by atoms with van der Waals surface area (Å²) in [6.07, 6.45) is 3.22. The summed E-state index contributed by atoms with van der Waals surface area (Å²) < 4.78 is 5.63. The number of halogens is 1. The third-order valence-corrected chi connectivity index (χ3v) is 8.59. The number of nitrogens with one attached hydrogen (secondary N) is 2. The van der Waals surface area contributed by atoms with Crippen LogP contribution >= 0.6 is 11.6 Å². The number of carboxylic acid groups (broad SMARTS) is 1. The molecule has 2 atom stereocenters. The maximum atomic E-state index is 14.1. The number of carbonyl (C=O) groups is 5. The fourth-order valence-electron chi connectivity index (χ4n) is 6.20. The molecule has 0 saturated heterocycles. The molecule has 1 fully saturated rings. The first-order chi connectivity index (χ1) is 21.0. The fourth-order valence-corrected chi connectivity index (χ4v) is 6.33. The number of para-hydroxylation sites is 1. The van der Waals surface area contributed by atoms with E-state index in [0.717, 1.165) is 24.0 Å². The molecule has 3 N–H and O–H groups in total. The Morgan fingerprint density at radius 1 is 1.07 bits per heavy atom. The van der Waals surface area contributed by atoms with Crippen molar-refractivity contribution in [3.8, 4) is 0 Å². The van der Waals surface area contributed by atoms with Crippen LogP contribution in [-0.4, -0.2) is 53.4 Å². The molecule has 1 saturated carbocycles. The molecule has 1 aliphatic carbocycles. The number of fused-ring (bicyclic) bond motifs is 1. The Balaban J connectivity index is 1.54. The van der Waals surface area contributed by atoms with Crippen molar-refractivity contribution in [2.45, 2.75) is 83.9 Å². The number of hydrogen-bond acceptors (Lipinski definition) is 6. The minimum absolute atomic E-state index is 0.00591.